The van der Waals surface area contributed by atoms with Gasteiger partial charge in [-0.2, -0.15) is 0 Å². The van der Waals surface area contributed by atoms with Crippen molar-refractivity contribution in [3.8, 4) is 11.5 Å². The highest BCUT2D eigenvalue weighted by molar-refractivity contribution is 5.86. The summed E-state index contributed by atoms with van der Waals surface area (Å²) in [5.74, 6) is 0.298. The van der Waals surface area contributed by atoms with Gasteiger partial charge in [-0.05, 0) is 48.4 Å². The van der Waals surface area contributed by atoms with Crippen molar-refractivity contribution in [3.63, 3.8) is 0 Å². The number of aryl methyl sites for hydroxylation is 1. The van der Waals surface area contributed by atoms with E-state index < -0.39 is 17.9 Å². The highest BCUT2D eigenvalue weighted by atomic mass is 16.5. The van der Waals surface area contributed by atoms with Crippen molar-refractivity contribution in [2.75, 3.05) is 6.61 Å². The Morgan fingerprint density at radius 1 is 0.897 bits per heavy atom. The molecule has 2 N–H and O–H groups in total. The summed E-state index contributed by atoms with van der Waals surface area (Å²) in [4.78, 5) is 24.3. The van der Waals surface area contributed by atoms with E-state index in [2.05, 4.69) is 10.9 Å². The van der Waals surface area contributed by atoms with Crippen LogP contribution in [0.2, 0.25) is 0 Å². The highest BCUT2D eigenvalue weighted by Gasteiger charge is 2.19. The van der Waals surface area contributed by atoms with Gasteiger partial charge in [-0.3, -0.25) is 20.4 Å². The molecule has 0 fully saturated rings. The van der Waals surface area contributed by atoms with Crippen LogP contribution in [0.25, 0.3) is 10.8 Å². The molecule has 3 rings (SSSR count). The molecule has 0 aromatic heterocycles. The number of ether oxygens (including phenoxy) is 2. The summed E-state index contributed by atoms with van der Waals surface area (Å²) < 4.78 is 11.2. The first-order chi connectivity index (χ1) is 14.0. The maximum Gasteiger partial charge on any atom is 0.279 e. The smallest absolute Gasteiger partial charge is 0.279 e. The molecule has 0 aliphatic heterocycles. The number of amides is 2. The number of fused-ring (bicyclic) bond motifs is 1. The zero-order chi connectivity index (χ0) is 20.6. The summed E-state index contributed by atoms with van der Waals surface area (Å²) in [7, 11) is 0. The van der Waals surface area contributed by atoms with E-state index in [0.717, 1.165) is 16.3 Å². The summed E-state index contributed by atoms with van der Waals surface area (Å²) in [6.45, 7) is 3.60. The minimum atomic E-state index is -0.709. The minimum absolute atomic E-state index is 0.214. The van der Waals surface area contributed by atoms with Gasteiger partial charge in [0.1, 0.15) is 11.5 Å². The lowest BCUT2D eigenvalue weighted by Crippen LogP contribution is -2.49. The molecule has 3 aromatic carbocycles. The van der Waals surface area contributed by atoms with Crippen LogP contribution in [0.5, 0.6) is 11.5 Å². The molecule has 0 heterocycles. The number of benzene rings is 3. The predicted octanol–water partition coefficient (Wildman–Crippen LogP) is 3.53. The zero-order valence-electron chi connectivity index (χ0n) is 16.5. The second-order valence-electron chi connectivity index (χ2n) is 6.66. The van der Waals surface area contributed by atoms with Crippen molar-refractivity contribution < 1.29 is 19.1 Å². The maximum atomic E-state index is 12.3. The van der Waals surface area contributed by atoms with E-state index in [4.69, 9.17) is 9.47 Å². The fourth-order valence-electron chi connectivity index (χ4n) is 2.76. The van der Waals surface area contributed by atoms with Crippen LogP contribution in [-0.4, -0.2) is 24.5 Å². The van der Waals surface area contributed by atoms with Crippen LogP contribution >= 0.6 is 0 Å². The number of carbonyl (C=O) groups excluding carboxylic acids is 2. The first-order valence-electron chi connectivity index (χ1n) is 9.49. The van der Waals surface area contributed by atoms with Crippen molar-refractivity contribution in [3.05, 3.63) is 72.3 Å². The zero-order valence-corrected chi connectivity index (χ0v) is 16.5. The fourth-order valence-corrected chi connectivity index (χ4v) is 2.76. The van der Waals surface area contributed by atoms with Crippen LogP contribution < -0.4 is 20.3 Å². The molecule has 0 saturated carbocycles. The number of hydrogen-bond acceptors (Lipinski definition) is 4. The quantitative estimate of drug-likeness (QED) is 0.603. The van der Waals surface area contributed by atoms with Crippen molar-refractivity contribution in [2.45, 2.75) is 26.4 Å². The molecule has 6 nitrogen and oxygen atoms in total. The molecule has 1 atom stereocenters. The van der Waals surface area contributed by atoms with E-state index >= 15 is 0 Å². The number of nitrogens with one attached hydrogen (secondary N) is 2. The van der Waals surface area contributed by atoms with Gasteiger partial charge in [-0.1, -0.05) is 55.0 Å². The molecule has 0 spiro atoms. The Morgan fingerprint density at radius 3 is 2.31 bits per heavy atom. The molecule has 2 amide bonds. The fraction of sp³-hybridized carbons (Fsp3) is 0.217. The average molecular weight is 392 g/mol. The van der Waals surface area contributed by atoms with Gasteiger partial charge in [-0.15, -0.1) is 0 Å². The Hall–Kier alpha value is -3.54. The van der Waals surface area contributed by atoms with E-state index in [-0.39, 0.29) is 6.61 Å². The molecule has 3 aromatic rings. The lowest BCUT2D eigenvalue weighted by molar-refractivity contribution is -0.134. The Labute approximate surface area is 169 Å². The number of hydrazine groups is 1. The van der Waals surface area contributed by atoms with E-state index in [1.165, 1.54) is 0 Å². The van der Waals surface area contributed by atoms with E-state index in [9.17, 15) is 9.59 Å². The first kappa shape index (κ1) is 20.2. The SMILES string of the molecule is CC[C@H](Oc1ccc(C)cc1)C(=O)NNC(=O)COc1ccc2ccccc2c1. The molecule has 0 bridgehead atoms. The minimum Gasteiger partial charge on any atom is -0.484 e. The number of carbonyl (C=O) groups is 2. The van der Waals surface area contributed by atoms with Crippen LogP contribution in [0.15, 0.2) is 66.7 Å². The third kappa shape index (κ3) is 5.72. The Bertz CT molecular complexity index is 986. The van der Waals surface area contributed by atoms with Gasteiger partial charge in [0.2, 0.25) is 0 Å². The lowest BCUT2D eigenvalue weighted by Gasteiger charge is -2.17. The van der Waals surface area contributed by atoms with Gasteiger partial charge in [0.25, 0.3) is 11.8 Å². The van der Waals surface area contributed by atoms with E-state index in [1.54, 1.807) is 18.2 Å². The molecule has 6 heteroatoms. The Morgan fingerprint density at radius 2 is 1.59 bits per heavy atom. The molecule has 0 radical (unpaired) electrons. The predicted molar refractivity (Wildman–Crippen MR) is 112 cm³/mol. The van der Waals surface area contributed by atoms with Gasteiger partial charge in [0, 0.05) is 0 Å². The molecular weight excluding hydrogens is 368 g/mol. The summed E-state index contributed by atoms with van der Waals surface area (Å²) in [6, 6.07) is 20.9. The van der Waals surface area contributed by atoms with Gasteiger partial charge in [0.15, 0.2) is 12.7 Å². The third-order valence-electron chi connectivity index (χ3n) is 4.38. The first-order valence-corrected chi connectivity index (χ1v) is 9.49. The maximum absolute atomic E-state index is 12.3. The van der Waals surface area contributed by atoms with Crippen LogP contribution in [-0.2, 0) is 9.59 Å². The van der Waals surface area contributed by atoms with Crippen molar-refractivity contribution in [2.24, 2.45) is 0 Å². The molecule has 0 aliphatic carbocycles. The third-order valence-corrected chi connectivity index (χ3v) is 4.38. The van der Waals surface area contributed by atoms with Gasteiger partial charge < -0.3 is 9.47 Å². The van der Waals surface area contributed by atoms with Crippen molar-refractivity contribution in [1.82, 2.24) is 10.9 Å². The molecule has 150 valence electrons. The van der Waals surface area contributed by atoms with Gasteiger partial charge >= 0.3 is 0 Å². The lowest BCUT2D eigenvalue weighted by atomic mass is 10.1. The summed E-state index contributed by atoms with van der Waals surface area (Å²) in [5.41, 5.74) is 5.85. The highest BCUT2D eigenvalue weighted by Crippen LogP contribution is 2.20. The van der Waals surface area contributed by atoms with Crippen LogP contribution in [0.3, 0.4) is 0 Å². The Balaban J connectivity index is 1.46. The van der Waals surface area contributed by atoms with Crippen LogP contribution in [0.1, 0.15) is 18.9 Å². The van der Waals surface area contributed by atoms with Gasteiger partial charge in [-0.25, -0.2) is 0 Å². The standard InChI is InChI=1S/C23H24N2O4/c1-3-21(29-19-11-8-16(2)9-12-19)23(27)25-24-22(26)15-28-20-13-10-17-6-4-5-7-18(17)14-20/h4-14,21H,3,15H2,1-2H3,(H,24,26)(H,25,27)/t21-/m0/s1. The molecule has 0 aliphatic rings. The summed E-state index contributed by atoms with van der Waals surface area (Å²) >= 11 is 0. The molecule has 29 heavy (non-hydrogen) atoms. The second-order valence-corrected chi connectivity index (χ2v) is 6.66. The van der Waals surface area contributed by atoms with Crippen LogP contribution in [0.4, 0.5) is 0 Å². The van der Waals surface area contributed by atoms with E-state index in [0.29, 0.717) is 17.9 Å². The second kappa shape index (κ2) is 9.59. The van der Waals surface area contributed by atoms with Crippen molar-refractivity contribution in [1.29, 1.82) is 0 Å². The normalized spacial score (nSPS) is 11.5. The Kier molecular flexibility index (Phi) is 6.68. The number of rotatable bonds is 7. The van der Waals surface area contributed by atoms with E-state index in [1.807, 2.05) is 62.4 Å². The monoisotopic (exact) mass is 392 g/mol. The molecular formula is C23H24N2O4. The molecule has 0 unspecified atom stereocenters. The number of hydrogen-bond donors (Lipinski definition) is 2. The molecule has 0 saturated heterocycles. The van der Waals surface area contributed by atoms with Crippen LogP contribution in [0, 0.1) is 6.92 Å². The largest absolute Gasteiger partial charge is 0.484 e. The summed E-state index contributed by atoms with van der Waals surface area (Å²) in [5, 5.41) is 2.12. The summed E-state index contributed by atoms with van der Waals surface area (Å²) in [6.07, 6.45) is -0.247. The average Bonchev–Trinajstić information content (AvgIpc) is 2.75. The topological polar surface area (TPSA) is 76.7 Å². The van der Waals surface area contributed by atoms with Crippen molar-refractivity contribution >= 4 is 22.6 Å². The van der Waals surface area contributed by atoms with Gasteiger partial charge in [0.05, 0.1) is 0 Å².